The van der Waals surface area contributed by atoms with Crippen molar-refractivity contribution in [2.24, 2.45) is 11.8 Å². The maximum absolute atomic E-state index is 11.7. The lowest BCUT2D eigenvalue weighted by atomic mass is 9.92. The van der Waals surface area contributed by atoms with Gasteiger partial charge in [0.2, 0.25) is 17.6 Å². The molecule has 2 aromatic rings. The van der Waals surface area contributed by atoms with Crippen LogP contribution in [0.25, 0.3) is 0 Å². The first-order chi connectivity index (χ1) is 13.8. The topological polar surface area (TPSA) is 129 Å². The molecule has 1 saturated heterocycles. The smallest absolute Gasteiger partial charge is 0.353 e. The second-order valence-corrected chi connectivity index (χ2v) is 7.40. The molecule has 3 N–H and O–H groups in total. The molecule has 0 radical (unpaired) electrons. The number of ether oxygens (including phenoxy) is 2. The Hall–Kier alpha value is -3.30. The van der Waals surface area contributed by atoms with Crippen molar-refractivity contribution in [2.45, 2.75) is 20.3 Å². The summed E-state index contributed by atoms with van der Waals surface area (Å²) in [5.41, 5.74) is 6.26. The van der Waals surface area contributed by atoms with Gasteiger partial charge in [0, 0.05) is 19.2 Å². The van der Waals surface area contributed by atoms with Crippen LogP contribution in [-0.4, -0.2) is 42.2 Å². The average molecular weight is 402 g/mol. The first kappa shape index (κ1) is 20.4. The molecule has 1 aromatic carbocycles. The van der Waals surface area contributed by atoms with Gasteiger partial charge in [-0.1, -0.05) is 13.8 Å². The number of nitrogens with zero attached hydrogens (tertiary/aromatic N) is 4. The Morgan fingerprint density at radius 3 is 2.48 bits per heavy atom. The Kier molecular flexibility index (Phi) is 5.90. The number of aromatic nitrogens is 2. The van der Waals surface area contributed by atoms with E-state index in [1.807, 2.05) is 4.90 Å². The highest BCUT2D eigenvalue weighted by atomic mass is 16.6. The fourth-order valence-corrected chi connectivity index (χ4v) is 3.78. The van der Waals surface area contributed by atoms with E-state index in [0.29, 0.717) is 42.1 Å². The fourth-order valence-electron chi connectivity index (χ4n) is 3.78. The van der Waals surface area contributed by atoms with E-state index in [0.717, 1.165) is 6.42 Å². The standard InChI is InChI=1S/C19H26N6O4/c1-11-7-12(2)10-24(9-11)18-16(25(26)27)17(20)22-19(23-18)21-14-8-13(28-3)5-6-15(14)29-4/h5-6,8,11-12H,7,9-10H2,1-4H3,(H3,20,21,22,23)/t11-,12-/m0/s1. The molecule has 29 heavy (non-hydrogen) atoms. The van der Waals surface area contributed by atoms with Crippen molar-refractivity contribution in [3.63, 3.8) is 0 Å². The highest BCUT2D eigenvalue weighted by Gasteiger charge is 2.31. The predicted octanol–water partition coefficient (Wildman–Crippen LogP) is 3.21. The molecule has 0 bridgehead atoms. The maximum Gasteiger partial charge on any atom is 0.353 e. The fraction of sp³-hybridized carbons (Fsp3) is 0.474. The number of nitrogens with one attached hydrogen (secondary N) is 1. The van der Waals surface area contributed by atoms with Crippen LogP contribution < -0.4 is 25.4 Å². The molecule has 3 rings (SSSR count). The summed E-state index contributed by atoms with van der Waals surface area (Å²) in [7, 11) is 3.10. The van der Waals surface area contributed by atoms with Crippen molar-refractivity contribution < 1.29 is 14.4 Å². The molecule has 2 atom stereocenters. The van der Waals surface area contributed by atoms with Gasteiger partial charge >= 0.3 is 5.69 Å². The number of nitro groups is 1. The number of piperidine rings is 1. The van der Waals surface area contributed by atoms with Gasteiger partial charge < -0.3 is 25.4 Å². The summed E-state index contributed by atoms with van der Waals surface area (Å²) in [5.74, 6) is 2.14. The van der Waals surface area contributed by atoms with Gasteiger partial charge in [0.1, 0.15) is 11.5 Å². The van der Waals surface area contributed by atoms with E-state index in [1.54, 1.807) is 32.4 Å². The monoisotopic (exact) mass is 402 g/mol. The zero-order valence-corrected chi connectivity index (χ0v) is 17.0. The van der Waals surface area contributed by atoms with Gasteiger partial charge in [0.05, 0.1) is 24.8 Å². The van der Waals surface area contributed by atoms with Crippen LogP contribution in [0.2, 0.25) is 0 Å². The summed E-state index contributed by atoms with van der Waals surface area (Å²) in [5, 5.41) is 14.7. The molecule has 0 unspecified atom stereocenters. The van der Waals surface area contributed by atoms with Crippen LogP contribution in [0.5, 0.6) is 11.5 Å². The summed E-state index contributed by atoms with van der Waals surface area (Å²) in [6.45, 7) is 5.59. The average Bonchev–Trinajstić information content (AvgIpc) is 2.66. The number of nitrogen functional groups attached to an aromatic ring is 1. The third-order valence-corrected chi connectivity index (χ3v) is 4.90. The van der Waals surface area contributed by atoms with E-state index in [1.165, 1.54) is 0 Å². The summed E-state index contributed by atoms with van der Waals surface area (Å²) in [6.07, 6.45) is 1.07. The first-order valence-electron chi connectivity index (χ1n) is 9.38. The van der Waals surface area contributed by atoms with E-state index in [2.05, 4.69) is 29.1 Å². The molecular formula is C19H26N6O4. The Morgan fingerprint density at radius 2 is 1.90 bits per heavy atom. The van der Waals surface area contributed by atoms with Gasteiger partial charge in [-0.05, 0) is 30.4 Å². The molecule has 1 aromatic heterocycles. The van der Waals surface area contributed by atoms with Crippen molar-refractivity contribution in [3.8, 4) is 11.5 Å². The van der Waals surface area contributed by atoms with Gasteiger partial charge in [-0.3, -0.25) is 10.1 Å². The molecule has 0 aliphatic carbocycles. The van der Waals surface area contributed by atoms with Crippen LogP contribution in [0.3, 0.4) is 0 Å². The van der Waals surface area contributed by atoms with Gasteiger partial charge in [0.15, 0.2) is 0 Å². The van der Waals surface area contributed by atoms with Crippen LogP contribution in [0.15, 0.2) is 18.2 Å². The van der Waals surface area contributed by atoms with Gasteiger partial charge in [-0.15, -0.1) is 0 Å². The number of hydrogen-bond donors (Lipinski definition) is 2. The minimum Gasteiger partial charge on any atom is -0.497 e. The zero-order chi connectivity index (χ0) is 21.1. The predicted molar refractivity (Wildman–Crippen MR) is 111 cm³/mol. The van der Waals surface area contributed by atoms with Crippen LogP contribution >= 0.6 is 0 Å². The highest BCUT2D eigenvalue weighted by Crippen LogP contribution is 2.37. The maximum atomic E-state index is 11.7. The molecule has 10 heteroatoms. The lowest BCUT2D eigenvalue weighted by molar-refractivity contribution is -0.383. The zero-order valence-electron chi connectivity index (χ0n) is 17.0. The molecule has 0 saturated carbocycles. The van der Waals surface area contributed by atoms with Crippen molar-refractivity contribution in [3.05, 3.63) is 28.3 Å². The normalized spacial score (nSPS) is 19.0. The minimum atomic E-state index is -0.523. The highest BCUT2D eigenvalue weighted by molar-refractivity contribution is 5.73. The molecule has 2 heterocycles. The molecule has 156 valence electrons. The molecule has 0 spiro atoms. The van der Waals surface area contributed by atoms with Crippen LogP contribution in [0.1, 0.15) is 20.3 Å². The van der Waals surface area contributed by atoms with E-state index < -0.39 is 4.92 Å². The van der Waals surface area contributed by atoms with E-state index in [4.69, 9.17) is 15.2 Å². The number of nitrogens with two attached hydrogens (primary N) is 1. The van der Waals surface area contributed by atoms with E-state index in [-0.39, 0.29) is 23.3 Å². The summed E-state index contributed by atoms with van der Waals surface area (Å²) >= 11 is 0. The second-order valence-electron chi connectivity index (χ2n) is 7.40. The number of rotatable bonds is 6. The van der Waals surface area contributed by atoms with Crippen LogP contribution in [-0.2, 0) is 0 Å². The molecule has 1 aliphatic heterocycles. The third kappa shape index (κ3) is 4.41. The van der Waals surface area contributed by atoms with Crippen molar-refractivity contribution in [1.82, 2.24) is 9.97 Å². The quantitative estimate of drug-likeness (QED) is 0.552. The van der Waals surface area contributed by atoms with Gasteiger partial charge in [-0.2, -0.15) is 9.97 Å². The lowest BCUT2D eigenvalue weighted by Crippen LogP contribution is -2.39. The van der Waals surface area contributed by atoms with Crippen molar-refractivity contribution in [1.29, 1.82) is 0 Å². The number of anilines is 4. The number of methoxy groups -OCH3 is 2. The molecule has 0 amide bonds. The Labute approximate surface area is 169 Å². The first-order valence-corrected chi connectivity index (χ1v) is 9.38. The Balaban J connectivity index is 2.03. The molecule has 1 fully saturated rings. The van der Waals surface area contributed by atoms with E-state index >= 15 is 0 Å². The number of benzene rings is 1. The molecular weight excluding hydrogens is 376 g/mol. The van der Waals surface area contributed by atoms with Crippen molar-refractivity contribution in [2.75, 3.05) is 43.3 Å². The summed E-state index contributed by atoms with van der Waals surface area (Å²) in [4.78, 5) is 21.6. The Morgan fingerprint density at radius 1 is 1.21 bits per heavy atom. The summed E-state index contributed by atoms with van der Waals surface area (Å²) in [6, 6.07) is 5.23. The third-order valence-electron chi connectivity index (χ3n) is 4.90. The van der Waals surface area contributed by atoms with Crippen molar-refractivity contribution >= 4 is 29.0 Å². The molecule has 1 aliphatic rings. The van der Waals surface area contributed by atoms with Gasteiger partial charge in [0.25, 0.3) is 0 Å². The largest absolute Gasteiger partial charge is 0.497 e. The lowest BCUT2D eigenvalue weighted by Gasteiger charge is -2.35. The minimum absolute atomic E-state index is 0.153. The van der Waals surface area contributed by atoms with Crippen LogP contribution in [0, 0.1) is 22.0 Å². The SMILES string of the molecule is COc1ccc(OC)c(Nc2nc(N)c([N+](=O)[O-])c(N3C[C@@H](C)C[C@H](C)C3)n2)c1. The number of hydrogen-bond acceptors (Lipinski definition) is 9. The van der Waals surface area contributed by atoms with Gasteiger partial charge in [-0.25, -0.2) is 0 Å². The summed E-state index contributed by atoms with van der Waals surface area (Å²) < 4.78 is 10.6. The second kappa shape index (κ2) is 8.38. The Bertz CT molecular complexity index is 897. The molecule has 10 nitrogen and oxygen atoms in total. The van der Waals surface area contributed by atoms with E-state index in [9.17, 15) is 10.1 Å². The van der Waals surface area contributed by atoms with Crippen LogP contribution in [0.4, 0.5) is 29.0 Å².